The molecule has 5 nitrogen and oxygen atoms in total. The first kappa shape index (κ1) is 17.7. The number of carbonyl (C=O) groups excluding carboxylic acids is 1. The van der Waals surface area contributed by atoms with Crippen molar-refractivity contribution < 1.29 is 19.8 Å². The molecule has 1 aromatic carbocycles. The van der Waals surface area contributed by atoms with Gasteiger partial charge in [-0.25, -0.2) is 4.79 Å². The summed E-state index contributed by atoms with van der Waals surface area (Å²) in [4.78, 5) is 24.9. The van der Waals surface area contributed by atoms with E-state index >= 15 is 0 Å². The first-order valence-electron chi connectivity index (χ1n) is 9.01. The fourth-order valence-corrected chi connectivity index (χ4v) is 3.34. The summed E-state index contributed by atoms with van der Waals surface area (Å²) in [6.07, 6.45) is 8.72. The van der Waals surface area contributed by atoms with Gasteiger partial charge in [0.2, 0.25) is 5.91 Å². The summed E-state index contributed by atoms with van der Waals surface area (Å²) in [6, 6.07) is 6.84. The van der Waals surface area contributed by atoms with Crippen LogP contribution in [0.15, 0.2) is 36.4 Å². The van der Waals surface area contributed by atoms with Gasteiger partial charge < -0.3 is 15.1 Å². The summed E-state index contributed by atoms with van der Waals surface area (Å²) in [5.74, 6) is -0.112. The Labute approximate surface area is 148 Å². The third-order valence-electron chi connectivity index (χ3n) is 5.04. The Bertz CT molecular complexity index is 648. The second-order valence-corrected chi connectivity index (χ2v) is 7.08. The van der Waals surface area contributed by atoms with Crippen LogP contribution >= 0.6 is 0 Å². The maximum Gasteiger partial charge on any atom is 0.335 e. The number of likely N-dealkylation sites (tertiary alicyclic amines) is 1. The average Bonchev–Trinajstić information content (AvgIpc) is 3.33. The van der Waals surface area contributed by atoms with Gasteiger partial charge in [-0.15, -0.1) is 0 Å². The van der Waals surface area contributed by atoms with Crippen LogP contribution in [-0.2, 0) is 11.2 Å². The van der Waals surface area contributed by atoms with Crippen molar-refractivity contribution in [3.8, 4) is 0 Å². The lowest BCUT2D eigenvalue weighted by molar-refractivity contribution is -0.128. The minimum absolute atomic E-state index is 0.0552. The van der Waals surface area contributed by atoms with Crippen LogP contribution < -0.4 is 0 Å². The number of benzene rings is 1. The molecule has 1 aliphatic carbocycles. The van der Waals surface area contributed by atoms with E-state index in [1.165, 1.54) is 12.8 Å². The maximum absolute atomic E-state index is 12.1. The van der Waals surface area contributed by atoms with Crippen molar-refractivity contribution in [3.63, 3.8) is 0 Å². The standard InChI is InChI=1S/C20H25NO4/c22-18(13-15-1-2-15)9-7-17-8-10-19(23)21(17)12-11-14-3-5-16(6-4-14)20(24)25/h3-7,9,15,17-18,22H,1-2,8,10-13H2,(H,24,25). The molecule has 2 aliphatic rings. The molecule has 1 saturated carbocycles. The van der Waals surface area contributed by atoms with Crippen LogP contribution in [0.2, 0.25) is 0 Å². The van der Waals surface area contributed by atoms with E-state index in [0.29, 0.717) is 25.3 Å². The third-order valence-corrected chi connectivity index (χ3v) is 5.04. The highest BCUT2D eigenvalue weighted by molar-refractivity contribution is 5.87. The molecular formula is C20H25NO4. The Morgan fingerprint density at radius 1 is 1.24 bits per heavy atom. The van der Waals surface area contributed by atoms with Gasteiger partial charge in [-0.05, 0) is 42.9 Å². The van der Waals surface area contributed by atoms with Gasteiger partial charge in [-0.3, -0.25) is 4.79 Å². The normalized spacial score (nSPS) is 21.9. The zero-order valence-corrected chi connectivity index (χ0v) is 14.3. The van der Waals surface area contributed by atoms with E-state index in [2.05, 4.69) is 0 Å². The highest BCUT2D eigenvalue weighted by Crippen LogP contribution is 2.33. The molecule has 1 aromatic rings. The smallest absolute Gasteiger partial charge is 0.335 e. The molecule has 134 valence electrons. The summed E-state index contributed by atoms with van der Waals surface area (Å²) < 4.78 is 0. The van der Waals surface area contributed by atoms with Crippen molar-refractivity contribution in [1.82, 2.24) is 4.90 Å². The summed E-state index contributed by atoms with van der Waals surface area (Å²) in [5, 5.41) is 18.9. The first-order valence-corrected chi connectivity index (χ1v) is 9.01. The summed E-state index contributed by atoms with van der Waals surface area (Å²) in [5.41, 5.74) is 1.28. The summed E-state index contributed by atoms with van der Waals surface area (Å²) in [7, 11) is 0. The molecule has 0 radical (unpaired) electrons. The van der Waals surface area contributed by atoms with E-state index in [-0.39, 0.29) is 17.5 Å². The number of aromatic carboxylic acids is 1. The molecule has 5 heteroatoms. The Hall–Kier alpha value is -2.14. The second kappa shape index (κ2) is 7.83. The summed E-state index contributed by atoms with van der Waals surface area (Å²) in [6.45, 7) is 0.610. The van der Waals surface area contributed by atoms with Crippen LogP contribution in [0.3, 0.4) is 0 Å². The number of rotatable bonds is 8. The number of nitrogens with zero attached hydrogens (tertiary/aromatic N) is 1. The Kier molecular flexibility index (Phi) is 5.53. The largest absolute Gasteiger partial charge is 0.478 e. The van der Waals surface area contributed by atoms with E-state index in [0.717, 1.165) is 18.4 Å². The monoisotopic (exact) mass is 343 g/mol. The lowest BCUT2D eigenvalue weighted by Crippen LogP contribution is -2.33. The van der Waals surface area contributed by atoms with Gasteiger partial charge in [0.1, 0.15) is 0 Å². The van der Waals surface area contributed by atoms with Gasteiger partial charge in [0.05, 0.1) is 17.7 Å². The molecule has 1 amide bonds. The zero-order chi connectivity index (χ0) is 17.8. The van der Waals surface area contributed by atoms with Crippen molar-refractivity contribution >= 4 is 11.9 Å². The average molecular weight is 343 g/mol. The SMILES string of the molecule is O=C(O)c1ccc(CCN2C(=O)CCC2C=CC(O)CC2CC2)cc1. The molecule has 2 N–H and O–H groups in total. The lowest BCUT2D eigenvalue weighted by Gasteiger charge is -2.22. The van der Waals surface area contributed by atoms with Crippen LogP contribution in [0.1, 0.15) is 48.0 Å². The van der Waals surface area contributed by atoms with Crippen LogP contribution in [-0.4, -0.2) is 45.7 Å². The predicted octanol–water partition coefficient (Wildman–Crippen LogP) is 2.64. The Balaban J connectivity index is 1.54. The van der Waals surface area contributed by atoms with Crippen molar-refractivity contribution in [2.45, 2.75) is 50.7 Å². The van der Waals surface area contributed by atoms with E-state index in [4.69, 9.17) is 5.11 Å². The van der Waals surface area contributed by atoms with Gasteiger partial charge in [0.15, 0.2) is 0 Å². The van der Waals surface area contributed by atoms with E-state index in [1.54, 1.807) is 24.3 Å². The molecule has 2 atom stereocenters. The van der Waals surface area contributed by atoms with Crippen molar-refractivity contribution in [2.24, 2.45) is 5.92 Å². The van der Waals surface area contributed by atoms with Crippen LogP contribution in [0, 0.1) is 5.92 Å². The van der Waals surface area contributed by atoms with Crippen molar-refractivity contribution in [1.29, 1.82) is 0 Å². The van der Waals surface area contributed by atoms with Gasteiger partial charge in [0, 0.05) is 13.0 Å². The minimum Gasteiger partial charge on any atom is -0.478 e. The number of carboxylic acids is 1. The molecule has 2 unspecified atom stereocenters. The minimum atomic E-state index is -0.934. The topological polar surface area (TPSA) is 77.8 Å². The van der Waals surface area contributed by atoms with E-state index in [9.17, 15) is 14.7 Å². The molecule has 1 aliphatic heterocycles. The third kappa shape index (κ3) is 4.92. The van der Waals surface area contributed by atoms with Gasteiger partial charge in [0.25, 0.3) is 0 Å². The molecular weight excluding hydrogens is 318 g/mol. The zero-order valence-electron chi connectivity index (χ0n) is 14.3. The van der Waals surface area contributed by atoms with E-state index < -0.39 is 12.1 Å². The number of hydrogen-bond acceptors (Lipinski definition) is 3. The van der Waals surface area contributed by atoms with Gasteiger partial charge in [-0.1, -0.05) is 37.1 Å². The molecule has 1 heterocycles. The number of aliphatic hydroxyl groups is 1. The molecule has 3 rings (SSSR count). The van der Waals surface area contributed by atoms with Crippen molar-refractivity contribution in [2.75, 3.05) is 6.54 Å². The van der Waals surface area contributed by atoms with Crippen LogP contribution in [0.4, 0.5) is 0 Å². The summed E-state index contributed by atoms with van der Waals surface area (Å²) >= 11 is 0. The number of carbonyl (C=O) groups is 2. The number of aliphatic hydroxyl groups excluding tert-OH is 1. The van der Waals surface area contributed by atoms with Crippen LogP contribution in [0.25, 0.3) is 0 Å². The van der Waals surface area contributed by atoms with Crippen LogP contribution in [0.5, 0.6) is 0 Å². The van der Waals surface area contributed by atoms with Crippen molar-refractivity contribution in [3.05, 3.63) is 47.5 Å². The number of hydrogen-bond donors (Lipinski definition) is 2. The number of amides is 1. The highest BCUT2D eigenvalue weighted by atomic mass is 16.4. The van der Waals surface area contributed by atoms with Gasteiger partial charge in [-0.2, -0.15) is 0 Å². The van der Waals surface area contributed by atoms with Gasteiger partial charge >= 0.3 is 5.97 Å². The molecule has 0 bridgehead atoms. The number of carboxylic acid groups (broad SMARTS) is 1. The fourth-order valence-electron chi connectivity index (χ4n) is 3.34. The van der Waals surface area contributed by atoms with E-state index in [1.807, 2.05) is 17.1 Å². The fraction of sp³-hybridized carbons (Fsp3) is 0.500. The second-order valence-electron chi connectivity index (χ2n) is 7.08. The lowest BCUT2D eigenvalue weighted by atomic mass is 10.1. The first-order chi connectivity index (χ1) is 12.0. The highest BCUT2D eigenvalue weighted by Gasteiger charge is 2.29. The quantitative estimate of drug-likeness (QED) is 0.711. The molecule has 0 spiro atoms. The Morgan fingerprint density at radius 3 is 2.60 bits per heavy atom. The molecule has 1 saturated heterocycles. The molecule has 25 heavy (non-hydrogen) atoms. The maximum atomic E-state index is 12.1. The molecule has 2 fully saturated rings. The Morgan fingerprint density at radius 2 is 1.96 bits per heavy atom. The molecule has 0 aromatic heterocycles. The predicted molar refractivity (Wildman–Crippen MR) is 94.3 cm³/mol.